The van der Waals surface area contributed by atoms with Crippen LogP contribution < -0.4 is 19.5 Å². The van der Waals surface area contributed by atoms with Crippen molar-refractivity contribution in [3.8, 4) is 17.2 Å². The Labute approximate surface area is 203 Å². The van der Waals surface area contributed by atoms with Crippen LogP contribution in [0.1, 0.15) is 0 Å². The van der Waals surface area contributed by atoms with E-state index in [2.05, 4.69) is 5.32 Å². The Morgan fingerprint density at radius 2 is 1.34 bits per heavy atom. The predicted molar refractivity (Wildman–Crippen MR) is 125 cm³/mol. The molecule has 0 aromatic heterocycles. The molecule has 0 fully saturated rings. The van der Waals surface area contributed by atoms with Crippen LogP contribution in [0.15, 0.2) is 60.7 Å². The first-order valence-corrected chi connectivity index (χ1v) is 10.6. The van der Waals surface area contributed by atoms with E-state index in [9.17, 15) is 9.59 Å². The molecule has 166 valence electrons. The van der Waals surface area contributed by atoms with Gasteiger partial charge in [0.25, 0.3) is 5.91 Å². The van der Waals surface area contributed by atoms with Crippen molar-refractivity contribution in [2.24, 2.45) is 0 Å². The lowest BCUT2D eigenvalue weighted by Gasteiger charge is -2.11. The van der Waals surface area contributed by atoms with Gasteiger partial charge in [0, 0.05) is 21.8 Å². The van der Waals surface area contributed by atoms with Gasteiger partial charge in [0.2, 0.25) is 0 Å². The third-order valence-corrected chi connectivity index (χ3v) is 4.90. The number of carbonyl (C=O) groups excluding carboxylic acids is 2. The van der Waals surface area contributed by atoms with Crippen molar-refractivity contribution in [3.63, 3.8) is 0 Å². The zero-order valence-electron chi connectivity index (χ0n) is 16.2. The number of nitrogens with one attached hydrogen (secondary N) is 1. The Morgan fingerprint density at radius 1 is 0.750 bits per heavy atom. The Bertz CT molecular complexity index is 1050. The van der Waals surface area contributed by atoms with E-state index in [4.69, 9.17) is 60.6 Å². The summed E-state index contributed by atoms with van der Waals surface area (Å²) in [6, 6.07) is 15.6. The Kier molecular flexibility index (Phi) is 8.47. The lowest BCUT2D eigenvalue weighted by molar-refractivity contribution is -0.136. The molecule has 0 saturated heterocycles. The van der Waals surface area contributed by atoms with E-state index < -0.39 is 11.9 Å². The van der Waals surface area contributed by atoms with Crippen LogP contribution in [-0.4, -0.2) is 25.1 Å². The molecule has 0 radical (unpaired) electrons. The van der Waals surface area contributed by atoms with E-state index >= 15 is 0 Å². The normalized spacial score (nSPS) is 10.4. The number of ether oxygens (including phenoxy) is 3. The smallest absolute Gasteiger partial charge is 0.349 e. The first-order chi connectivity index (χ1) is 15.3. The van der Waals surface area contributed by atoms with Crippen LogP contribution in [0, 0.1) is 0 Å². The third-order valence-electron chi connectivity index (χ3n) is 3.84. The van der Waals surface area contributed by atoms with Crippen molar-refractivity contribution in [1.29, 1.82) is 0 Å². The molecule has 0 aliphatic carbocycles. The van der Waals surface area contributed by atoms with Crippen LogP contribution in [0.5, 0.6) is 17.2 Å². The Morgan fingerprint density at radius 3 is 1.94 bits per heavy atom. The van der Waals surface area contributed by atoms with Crippen LogP contribution in [0.25, 0.3) is 0 Å². The molecule has 3 aromatic carbocycles. The van der Waals surface area contributed by atoms with Crippen LogP contribution in [0.4, 0.5) is 5.69 Å². The largest absolute Gasteiger partial charge is 0.482 e. The summed E-state index contributed by atoms with van der Waals surface area (Å²) in [4.78, 5) is 24.2. The molecule has 3 aromatic rings. The van der Waals surface area contributed by atoms with E-state index in [0.29, 0.717) is 32.3 Å². The topological polar surface area (TPSA) is 73.9 Å². The minimum Gasteiger partial charge on any atom is -0.482 e. The molecule has 0 saturated carbocycles. The molecule has 32 heavy (non-hydrogen) atoms. The number of hydrogen-bond donors (Lipinski definition) is 1. The summed E-state index contributed by atoms with van der Waals surface area (Å²) in [7, 11) is 0. The summed E-state index contributed by atoms with van der Waals surface area (Å²) in [5.41, 5.74) is 0.410. The second-order valence-electron chi connectivity index (χ2n) is 6.28. The summed E-state index contributed by atoms with van der Waals surface area (Å²) in [5.74, 6) is -0.231. The second-order valence-corrected chi connectivity index (χ2v) is 7.96. The summed E-state index contributed by atoms with van der Waals surface area (Å²) < 4.78 is 16.0. The molecule has 0 atom stereocenters. The molecule has 0 aliphatic rings. The van der Waals surface area contributed by atoms with Crippen LogP contribution >= 0.6 is 46.4 Å². The van der Waals surface area contributed by atoms with Gasteiger partial charge in [-0.05, 0) is 48.5 Å². The van der Waals surface area contributed by atoms with Gasteiger partial charge in [-0.3, -0.25) is 4.79 Å². The third kappa shape index (κ3) is 7.21. The first-order valence-electron chi connectivity index (χ1n) is 9.06. The molecule has 6 nitrogen and oxygen atoms in total. The predicted octanol–water partition coefficient (Wildman–Crippen LogP) is 6.30. The van der Waals surface area contributed by atoms with Crippen molar-refractivity contribution >= 4 is 64.0 Å². The molecule has 0 heterocycles. The summed E-state index contributed by atoms with van der Waals surface area (Å²) >= 11 is 23.7. The van der Waals surface area contributed by atoms with Crippen LogP contribution in [-0.2, 0) is 9.59 Å². The quantitative estimate of drug-likeness (QED) is 0.282. The molecular formula is C22H15Cl4NO5. The molecule has 0 aliphatic heterocycles. The zero-order chi connectivity index (χ0) is 23.1. The van der Waals surface area contributed by atoms with E-state index in [-0.39, 0.29) is 24.0 Å². The summed E-state index contributed by atoms with van der Waals surface area (Å²) in [6.45, 7) is -0.644. The SMILES string of the molecule is O=C(COc1ccc(Cl)cc1Cl)Nc1cccc(OC(=O)COc2ccc(Cl)cc2Cl)c1. The van der Waals surface area contributed by atoms with Gasteiger partial charge >= 0.3 is 5.97 Å². The fourth-order valence-corrected chi connectivity index (χ4v) is 3.39. The molecule has 10 heteroatoms. The van der Waals surface area contributed by atoms with E-state index in [1.807, 2.05) is 0 Å². The highest BCUT2D eigenvalue weighted by Crippen LogP contribution is 2.28. The lowest BCUT2D eigenvalue weighted by Crippen LogP contribution is -2.20. The average Bonchev–Trinajstić information content (AvgIpc) is 2.73. The van der Waals surface area contributed by atoms with Crippen molar-refractivity contribution < 1.29 is 23.8 Å². The van der Waals surface area contributed by atoms with Gasteiger partial charge in [0.05, 0.1) is 10.0 Å². The molecule has 1 amide bonds. The minimum absolute atomic E-state index is 0.222. The number of carbonyl (C=O) groups is 2. The molecule has 3 rings (SSSR count). The average molecular weight is 515 g/mol. The van der Waals surface area contributed by atoms with E-state index in [0.717, 1.165) is 0 Å². The maximum absolute atomic E-state index is 12.2. The second kappa shape index (κ2) is 11.3. The van der Waals surface area contributed by atoms with Crippen molar-refractivity contribution in [3.05, 3.63) is 80.8 Å². The number of halogens is 4. The van der Waals surface area contributed by atoms with E-state index in [1.54, 1.807) is 42.5 Å². The molecule has 0 unspecified atom stereocenters. The highest BCUT2D eigenvalue weighted by molar-refractivity contribution is 6.36. The van der Waals surface area contributed by atoms with Gasteiger partial charge < -0.3 is 19.5 Å². The first kappa shape index (κ1) is 24.0. The van der Waals surface area contributed by atoms with Gasteiger partial charge in [0.1, 0.15) is 17.2 Å². The Balaban J connectivity index is 1.50. The van der Waals surface area contributed by atoms with Crippen molar-refractivity contribution in [1.82, 2.24) is 0 Å². The molecule has 0 spiro atoms. The van der Waals surface area contributed by atoms with Gasteiger partial charge in [-0.15, -0.1) is 0 Å². The molecule has 0 bridgehead atoms. The monoisotopic (exact) mass is 513 g/mol. The Hall–Kier alpha value is -2.64. The summed E-state index contributed by atoms with van der Waals surface area (Å²) in [6.07, 6.45) is 0. The number of anilines is 1. The highest BCUT2D eigenvalue weighted by atomic mass is 35.5. The fraction of sp³-hybridized carbons (Fsp3) is 0.0909. The molecular weight excluding hydrogens is 500 g/mol. The number of benzene rings is 3. The standard InChI is InChI=1S/C22H15Cl4NO5/c23-13-4-6-19(17(25)8-13)30-11-21(28)27-15-2-1-3-16(10-15)32-22(29)12-31-20-7-5-14(24)9-18(20)26/h1-10H,11-12H2,(H,27,28). The highest BCUT2D eigenvalue weighted by Gasteiger charge is 2.11. The zero-order valence-corrected chi connectivity index (χ0v) is 19.3. The fourth-order valence-electron chi connectivity index (χ4n) is 2.46. The number of esters is 1. The van der Waals surface area contributed by atoms with Crippen molar-refractivity contribution in [2.45, 2.75) is 0 Å². The maximum atomic E-state index is 12.2. The van der Waals surface area contributed by atoms with Gasteiger partial charge in [-0.25, -0.2) is 4.79 Å². The van der Waals surface area contributed by atoms with Crippen LogP contribution in [0.2, 0.25) is 20.1 Å². The number of amides is 1. The van der Waals surface area contributed by atoms with Gasteiger partial charge in [0.15, 0.2) is 13.2 Å². The summed E-state index contributed by atoms with van der Waals surface area (Å²) in [5, 5.41) is 4.12. The van der Waals surface area contributed by atoms with Crippen molar-refractivity contribution in [2.75, 3.05) is 18.5 Å². The van der Waals surface area contributed by atoms with Gasteiger partial charge in [-0.2, -0.15) is 0 Å². The van der Waals surface area contributed by atoms with Crippen LogP contribution in [0.3, 0.4) is 0 Å². The van der Waals surface area contributed by atoms with Gasteiger partial charge in [-0.1, -0.05) is 52.5 Å². The number of rotatable bonds is 8. The number of hydrogen-bond acceptors (Lipinski definition) is 5. The lowest BCUT2D eigenvalue weighted by atomic mass is 10.3. The maximum Gasteiger partial charge on any atom is 0.349 e. The molecule has 1 N–H and O–H groups in total. The van der Waals surface area contributed by atoms with E-state index in [1.165, 1.54) is 18.2 Å². The minimum atomic E-state index is -0.653.